The number of benzene rings is 2. The van der Waals surface area contributed by atoms with E-state index in [4.69, 9.17) is 9.73 Å². The van der Waals surface area contributed by atoms with E-state index < -0.39 is 0 Å². The molecule has 0 bridgehead atoms. The average Bonchev–Trinajstić information content (AvgIpc) is 3.46. The maximum Gasteiger partial charge on any atom is 0.308 e. The van der Waals surface area contributed by atoms with Crippen LogP contribution in [0.3, 0.4) is 0 Å². The van der Waals surface area contributed by atoms with Crippen molar-refractivity contribution in [3.05, 3.63) is 113 Å². The van der Waals surface area contributed by atoms with E-state index in [1.165, 1.54) is 29.4 Å². The van der Waals surface area contributed by atoms with Gasteiger partial charge in [-0.3, -0.25) is 14.2 Å². The quantitative estimate of drug-likeness (QED) is 0.322. The molecule has 0 saturated carbocycles. The highest BCUT2D eigenvalue weighted by molar-refractivity contribution is 7.10. The lowest BCUT2D eigenvalue weighted by atomic mass is 9.85. The Morgan fingerprint density at radius 1 is 1.12 bits per heavy atom. The Kier molecular flexibility index (Phi) is 5.16. The van der Waals surface area contributed by atoms with Crippen LogP contribution in [0.2, 0.25) is 0 Å². The molecule has 1 atom stereocenters. The van der Waals surface area contributed by atoms with E-state index in [0.29, 0.717) is 15.1 Å². The topological polar surface area (TPSA) is 60.7 Å². The lowest BCUT2D eigenvalue weighted by molar-refractivity contribution is -0.131. The number of carbonyl (C=O) groups excluding carboxylic acids is 1. The summed E-state index contributed by atoms with van der Waals surface area (Å²) < 4.78 is 7.66. The van der Waals surface area contributed by atoms with Gasteiger partial charge in [0, 0.05) is 17.4 Å². The van der Waals surface area contributed by atoms with Crippen molar-refractivity contribution in [2.75, 3.05) is 0 Å². The van der Waals surface area contributed by atoms with Crippen LogP contribution in [0.25, 0.3) is 11.8 Å². The standard InChI is InChI=1S/C27H20N2O3S2/c1-16(30)32-19-8-4-6-17(14-19)15-23-26(31)29-25(22-10-5-13-33-22)21-12-11-18-7-2-3-9-20(18)24(21)28-27(29)34-23/h2-10,13-15,25H,11-12H2,1H3/b23-15+/t25-/m0/s1. The number of rotatable bonds is 3. The van der Waals surface area contributed by atoms with Crippen molar-refractivity contribution in [1.29, 1.82) is 0 Å². The van der Waals surface area contributed by atoms with Gasteiger partial charge in [0.25, 0.3) is 5.56 Å². The Morgan fingerprint density at radius 2 is 2.00 bits per heavy atom. The minimum Gasteiger partial charge on any atom is -0.427 e. The lowest BCUT2D eigenvalue weighted by Gasteiger charge is -2.30. The molecule has 2 aromatic heterocycles. The van der Waals surface area contributed by atoms with E-state index in [1.54, 1.807) is 23.5 Å². The summed E-state index contributed by atoms with van der Waals surface area (Å²) in [4.78, 5) is 31.9. The van der Waals surface area contributed by atoms with Gasteiger partial charge in [-0.05, 0) is 59.2 Å². The molecule has 1 aliphatic heterocycles. The van der Waals surface area contributed by atoms with E-state index in [-0.39, 0.29) is 17.6 Å². The van der Waals surface area contributed by atoms with Crippen LogP contribution < -0.4 is 19.6 Å². The summed E-state index contributed by atoms with van der Waals surface area (Å²) in [6.07, 6.45) is 3.67. The smallest absolute Gasteiger partial charge is 0.308 e. The summed E-state index contributed by atoms with van der Waals surface area (Å²) in [5.74, 6) is 0.0795. The molecule has 0 spiro atoms. The van der Waals surface area contributed by atoms with Gasteiger partial charge in [-0.2, -0.15) is 0 Å². The Bertz CT molecular complexity index is 1640. The van der Waals surface area contributed by atoms with Crippen molar-refractivity contribution in [2.24, 2.45) is 4.99 Å². The van der Waals surface area contributed by atoms with Crippen molar-refractivity contribution in [3.8, 4) is 5.75 Å². The van der Waals surface area contributed by atoms with Crippen molar-refractivity contribution in [3.63, 3.8) is 0 Å². The fraction of sp³-hybridized carbons (Fsp3) is 0.148. The monoisotopic (exact) mass is 484 g/mol. The van der Waals surface area contributed by atoms with Crippen molar-refractivity contribution in [1.82, 2.24) is 4.57 Å². The number of ether oxygens (including phenoxy) is 1. The van der Waals surface area contributed by atoms with E-state index in [1.807, 2.05) is 28.8 Å². The normalized spacial score (nSPS) is 17.0. The zero-order valence-electron chi connectivity index (χ0n) is 18.4. The number of hydrogen-bond acceptors (Lipinski definition) is 6. The molecule has 3 heterocycles. The van der Waals surface area contributed by atoms with Crippen LogP contribution in [0, 0.1) is 0 Å². The molecule has 0 saturated heterocycles. The SMILES string of the molecule is CC(=O)Oc1cccc(/C=c2/sc3n(c2=O)[C@H](c2cccs2)C2=C(N=3)c3ccccc3CC2)c1. The predicted octanol–water partition coefficient (Wildman–Crippen LogP) is 4.31. The number of carbonyl (C=O) groups is 1. The number of nitrogens with zero attached hydrogens (tertiary/aromatic N) is 2. The molecule has 34 heavy (non-hydrogen) atoms. The highest BCUT2D eigenvalue weighted by atomic mass is 32.1. The van der Waals surface area contributed by atoms with Gasteiger partial charge >= 0.3 is 5.97 Å². The Morgan fingerprint density at radius 3 is 2.82 bits per heavy atom. The van der Waals surface area contributed by atoms with E-state index >= 15 is 0 Å². The largest absolute Gasteiger partial charge is 0.427 e. The summed E-state index contributed by atoms with van der Waals surface area (Å²) in [5, 5.41) is 2.06. The summed E-state index contributed by atoms with van der Waals surface area (Å²) >= 11 is 3.07. The van der Waals surface area contributed by atoms with Crippen LogP contribution in [-0.4, -0.2) is 10.5 Å². The molecule has 168 valence electrons. The molecule has 0 amide bonds. The van der Waals surface area contributed by atoms with Crippen LogP contribution in [0.15, 0.2) is 81.4 Å². The van der Waals surface area contributed by atoms with Gasteiger partial charge in [0.2, 0.25) is 0 Å². The zero-order valence-corrected chi connectivity index (χ0v) is 20.0. The van der Waals surface area contributed by atoms with Gasteiger partial charge in [-0.25, -0.2) is 4.99 Å². The molecule has 2 aromatic carbocycles. The first kappa shape index (κ1) is 21.0. The molecule has 4 aromatic rings. The molecule has 0 fully saturated rings. The minimum atomic E-state index is -0.377. The highest BCUT2D eigenvalue weighted by Gasteiger charge is 2.32. The second-order valence-corrected chi connectivity index (χ2v) is 10.3. The Balaban J connectivity index is 1.55. The third-order valence-electron chi connectivity index (χ3n) is 6.10. The maximum absolute atomic E-state index is 13.7. The zero-order chi connectivity index (χ0) is 23.2. The van der Waals surface area contributed by atoms with Crippen LogP contribution >= 0.6 is 22.7 Å². The van der Waals surface area contributed by atoms with Crippen LogP contribution in [0.1, 0.15) is 41.0 Å². The number of aryl methyl sites for hydroxylation is 1. The number of hydrogen-bond donors (Lipinski definition) is 0. The average molecular weight is 485 g/mol. The molecule has 5 nitrogen and oxygen atoms in total. The maximum atomic E-state index is 13.7. The summed E-state index contributed by atoms with van der Waals surface area (Å²) in [7, 11) is 0. The summed E-state index contributed by atoms with van der Waals surface area (Å²) in [6.45, 7) is 1.37. The molecule has 0 unspecified atom stereocenters. The third kappa shape index (κ3) is 3.57. The van der Waals surface area contributed by atoms with Crippen molar-refractivity contribution in [2.45, 2.75) is 25.8 Å². The van der Waals surface area contributed by atoms with Crippen molar-refractivity contribution < 1.29 is 9.53 Å². The lowest BCUT2D eigenvalue weighted by Crippen LogP contribution is -2.38. The van der Waals surface area contributed by atoms with Gasteiger partial charge in [-0.15, -0.1) is 11.3 Å². The second kappa shape index (κ2) is 8.34. The van der Waals surface area contributed by atoms with Crippen LogP contribution in [0.5, 0.6) is 5.75 Å². The molecule has 7 heteroatoms. The van der Waals surface area contributed by atoms with Crippen molar-refractivity contribution >= 4 is 40.4 Å². The number of aromatic nitrogens is 1. The van der Waals surface area contributed by atoms with Crippen LogP contribution in [-0.2, 0) is 11.2 Å². The van der Waals surface area contributed by atoms with Gasteiger partial charge in [0.1, 0.15) is 5.75 Å². The second-order valence-electron chi connectivity index (χ2n) is 8.30. The first-order chi connectivity index (χ1) is 16.6. The van der Waals surface area contributed by atoms with Gasteiger partial charge in [-0.1, -0.05) is 53.8 Å². The third-order valence-corrected chi connectivity index (χ3v) is 8.01. The fourth-order valence-corrected chi connectivity index (χ4v) is 6.55. The number of esters is 1. The molecule has 6 rings (SSSR count). The summed E-state index contributed by atoms with van der Waals surface area (Å²) in [6, 6.07) is 19.6. The van der Waals surface area contributed by atoms with Gasteiger partial charge < -0.3 is 4.74 Å². The van der Waals surface area contributed by atoms with E-state index in [0.717, 1.165) is 34.5 Å². The Hall–Kier alpha value is -3.55. The van der Waals surface area contributed by atoms with E-state index in [9.17, 15) is 9.59 Å². The van der Waals surface area contributed by atoms with E-state index in [2.05, 4.69) is 35.7 Å². The number of thiazole rings is 1. The van der Waals surface area contributed by atoms with Crippen LogP contribution in [0.4, 0.5) is 0 Å². The predicted molar refractivity (Wildman–Crippen MR) is 135 cm³/mol. The first-order valence-corrected chi connectivity index (χ1v) is 12.7. The number of allylic oxidation sites excluding steroid dienone is 1. The molecule has 2 aliphatic rings. The van der Waals surface area contributed by atoms with Gasteiger partial charge in [0.05, 0.1) is 16.3 Å². The first-order valence-electron chi connectivity index (χ1n) is 11.0. The Labute approximate surface area is 203 Å². The molecule has 0 radical (unpaired) electrons. The molecule has 1 aliphatic carbocycles. The molecular weight excluding hydrogens is 464 g/mol. The minimum absolute atomic E-state index is 0.0505. The molecular formula is C27H20N2O3S2. The number of thiophene rings is 1. The number of fused-ring (bicyclic) bond motifs is 3. The van der Waals surface area contributed by atoms with Gasteiger partial charge in [0.15, 0.2) is 4.80 Å². The fourth-order valence-electron chi connectivity index (χ4n) is 4.70. The highest BCUT2D eigenvalue weighted by Crippen LogP contribution is 2.42. The molecule has 0 N–H and O–H groups in total. The summed E-state index contributed by atoms with van der Waals surface area (Å²) in [5.41, 5.74) is 5.42.